The Bertz CT molecular complexity index is 296. The van der Waals surface area contributed by atoms with Crippen LogP contribution in [0.1, 0.15) is 0 Å². The molecule has 0 N–H and O–H groups in total. The lowest BCUT2D eigenvalue weighted by Crippen LogP contribution is -2.14. The van der Waals surface area contributed by atoms with Crippen molar-refractivity contribution < 1.29 is 38.0 Å². The van der Waals surface area contributed by atoms with Crippen molar-refractivity contribution in [2.24, 2.45) is 0 Å². The molecule has 0 saturated carbocycles. The molecule has 0 radical (unpaired) electrons. The molecule has 24 heavy (non-hydrogen) atoms. The van der Waals surface area contributed by atoms with E-state index in [1.165, 1.54) is 7.11 Å². The van der Waals surface area contributed by atoms with Gasteiger partial charge in [-0.2, -0.15) is 0 Å². The molecular formula is C16H30O8. The summed E-state index contributed by atoms with van der Waals surface area (Å²) in [5, 5.41) is 0. The molecule has 0 aliphatic carbocycles. The highest BCUT2D eigenvalue weighted by molar-refractivity contribution is 5.70. The van der Waals surface area contributed by atoms with E-state index in [4.69, 9.17) is 28.4 Å². The van der Waals surface area contributed by atoms with Crippen LogP contribution in [0.2, 0.25) is 0 Å². The molecule has 0 fully saturated rings. The van der Waals surface area contributed by atoms with Gasteiger partial charge in [-0.05, 0) is 0 Å². The molecule has 8 heteroatoms. The number of hydrogen-bond donors (Lipinski definition) is 0. The first-order chi connectivity index (χ1) is 11.8. The van der Waals surface area contributed by atoms with Gasteiger partial charge in [-0.3, -0.25) is 0 Å². The molecule has 0 atom stereocenters. The topological polar surface area (TPSA) is 81.7 Å². The van der Waals surface area contributed by atoms with Crippen molar-refractivity contribution in [1.82, 2.24) is 0 Å². The van der Waals surface area contributed by atoms with Crippen molar-refractivity contribution in [3.05, 3.63) is 12.2 Å². The molecule has 0 aromatic heterocycles. The number of esters is 1. The number of rotatable bonds is 18. The third-order valence-electron chi connectivity index (χ3n) is 2.59. The van der Waals surface area contributed by atoms with Crippen LogP contribution in [0.3, 0.4) is 0 Å². The molecule has 0 aliphatic heterocycles. The normalized spacial score (nSPS) is 11.2. The highest BCUT2D eigenvalue weighted by Gasteiger charge is 1.98. The number of hydrogen-bond acceptors (Lipinski definition) is 8. The first-order valence-corrected chi connectivity index (χ1v) is 7.90. The zero-order chi connectivity index (χ0) is 17.7. The molecular weight excluding hydrogens is 320 g/mol. The fraction of sp³-hybridized carbons (Fsp3) is 0.812. The van der Waals surface area contributed by atoms with Gasteiger partial charge >= 0.3 is 5.97 Å². The van der Waals surface area contributed by atoms with Gasteiger partial charge in [0, 0.05) is 7.11 Å². The molecule has 0 bridgehead atoms. The minimum Gasteiger partial charge on any atom is -0.467 e. The van der Waals surface area contributed by atoms with E-state index in [-0.39, 0.29) is 6.61 Å². The van der Waals surface area contributed by atoms with E-state index in [2.05, 4.69) is 4.74 Å². The van der Waals surface area contributed by atoms with E-state index in [0.717, 1.165) is 0 Å². The van der Waals surface area contributed by atoms with Gasteiger partial charge in [-0.1, -0.05) is 12.2 Å². The summed E-state index contributed by atoms with van der Waals surface area (Å²) in [5.41, 5.74) is 0. The predicted molar refractivity (Wildman–Crippen MR) is 87.1 cm³/mol. The van der Waals surface area contributed by atoms with Gasteiger partial charge in [0.15, 0.2) is 0 Å². The van der Waals surface area contributed by atoms with Crippen LogP contribution in [0.25, 0.3) is 0 Å². The molecule has 0 saturated heterocycles. The van der Waals surface area contributed by atoms with Gasteiger partial charge < -0.3 is 33.2 Å². The Kier molecular flexibility index (Phi) is 19.2. The van der Waals surface area contributed by atoms with Crippen molar-refractivity contribution in [3.8, 4) is 0 Å². The van der Waals surface area contributed by atoms with Crippen molar-refractivity contribution in [1.29, 1.82) is 0 Å². The summed E-state index contributed by atoms with van der Waals surface area (Å²) in [7, 11) is 2.96. The van der Waals surface area contributed by atoms with Crippen LogP contribution < -0.4 is 0 Å². The monoisotopic (exact) mass is 350 g/mol. The maximum absolute atomic E-state index is 10.7. The number of carbonyl (C=O) groups excluding carboxylic acids is 1. The molecule has 0 aromatic rings. The molecule has 8 nitrogen and oxygen atoms in total. The van der Waals surface area contributed by atoms with Crippen LogP contribution in [0.5, 0.6) is 0 Å². The lowest BCUT2D eigenvalue weighted by atomic mass is 10.5. The minimum atomic E-state index is -0.396. The summed E-state index contributed by atoms with van der Waals surface area (Å²) < 4.78 is 35.5. The Morgan fingerprint density at radius 1 is 0.667 bits per heavy atom. The fourth-order valence-electron chi connectivity index (χ4n) is 1.35. The second-order valence-electron chi connectivity index (χ2n) is 4.47. The number of methoxy groups -OCH3 is 2. The molecule has 0 aromatic carbocycles. The molecule has 0 amide bonds. The SMILES string of the molecule is COCCOCCOC/C=C/COCCOCCOCC(=O)OC. The van der Waals surface area contributed by atoms with Crippen LogP contribution in [-0.4, -0.2) is 92.9 Å². The lowest BCUT2D eigenvalue weighted by molar-refractivity contribution is -0.146. The minimum absolute atomic E-state index is 0.0531. The zero-order valence-electron chi connectivity index (χ0n) is 14.7. The summed E-state index contributed by atoms with van der Waals surface area (Å²) in [5.74, 6) is -0.396. The summed E-state index contributed by atoms with van der Waals surface area (Å²) in [6.45, 7) is 5.03. The molecule has 0 aliphatic rings. The standard InChI is InChI=1S/C16H30O8/c1-18-7-8-22-11-9-20-5-3-4-6-21-10-12-23-13-14-24-15-16(17)19-2/h3-4H,5-15H2,1-2H3/b4-3+. The van der Waals surface area contributed by atoms with Crippen LogP contribution in [0, 0.1) is 0 Å². The first-order valence-electron chi connectivity index (χ1n) is 7.90. The van der Waals surface area contributed by atoms with Gasteiger partial charge in [0.1, 0.15) is 6.61 Å². The summed E-state index contributed by atoms with van der Waals surface area (Å²) in [6.07, 6.45) is 3.79. The fourth-order valence-corrected chi connectivity index (χ4v) is 1.35. The molecule has 0 unspecified atom stereocenters. The number of carbonyl (C=O) groups is 1. The molecule has 142 valence electrons. The third-order valence-corrected chi connectivity index (χ3v) is 2.59. The van der Waals surface area contributed by atoms with E-state index in [1.54, 1.807) is 7.11 Å². The Morgan fingerprint density at radius 2 is 1.12 bits per heavy atom. The quantitative estimate of drug-likeness (QED) is 0.200. The van der Waals surface area contributed by atoms with E-state index >= 15 is 0 Å². The second-order valence-corrected chi connectivity index (χ2v) is 4.47. The summed E-state index contributed by atoms with van der Waals surface area (Å²) in [6, 6.07) is 0. The molecule has 0 spiro atoms. The first kappa shape index (κ1) is 23.0. The summed E-state index contributed by atoms with van der Waals surface area (Å²) >= 11 is 0. The van der Waals surface area contributed by atoms with E-state index in [0.29, 0.717) is 66.1 Å². The van der Waals surface area contributed by atoms with Crippen molar-refractivity contribution in [2.45, 2.75) is 0 Å². The Labute approximate surface area is 143 Å². The van der Waals surface area contributed by atoms with E-state index < -0.39 is 5.97 Å². The molecule has 0 rings (SSSR count). The van der Waals surface area contributed by atoms with Gasteiger partial charge in [-0.25, -0.2) is 4.79 Å². The van der Waals surface area contributed by atoms with Gasteiger partial charge in [0.25, 0.3) is 0 Å². The van der Waals surface area contributed by atoms with Gasteiger partial charge in [-0.15, -0.1) is 0 Å². The predicted octanol–water partition coefficient (Wildman–Crippen LogP) is 0.445. The van der Waals surface area contributed by atoms with Crippen molar-refractivity contribution in [3.63, 3.8) is 0 Å². The molecule has 0 heterocycles. The zero-order valence-corrected chi connectivity index (χ0v) is 14.7. The maximum Gasteiger partial charge on any atom is 0.331 e. The van der Waals surface area contributed by atoms with Crippen LogP contribution in [0.4, 0.5) is 0 Å². The highest BCUT2D eigenvalue weighted by atomic mass is 16.6. The average molecular weight is 350 g/mol. The van der Waals surface area contributed by atoms with Crippen molar-refractivity contribution >= 4 is 5.97 Å². The third kappa shape index (κ3) is 19.0. The lowest BCUT2D eigenvalue weighted by Gasteiger charge is -2.05. The average Bonchev–Trinajstić information content (AvgIpc) is 2.60. The summed E-state index contributed by atoms with van der Waals surface area (Å²) in [4.78, 5) is 10.7. The smallest absolute Gasteiger partial charge is 0.331 e. The van der Waals surface area contributed by atoms with Crippen LogP contribution in [0.15, 0.2) is 12.2 Å². The Hall–Kier alpha value is -1.03. The Balaban J connectivity index is 3.09. The second kappa shape index (κ2) is 20.0. The van der Waals surface area contributed by atoms with E-state index in [9.17, 15) is 4.79 Å². The van der Waals surface area contributed by atoms with E-state index in [1.807, 2.05) is 12.2 Å². The Morgan fingerprint density at radius 3 is 1.62 bits per heavy atom. The largest absolute Gasteiger partial charge is 0.467 e. The van der Waals surface area contributed by atoms with Crippen LogP contribution in [-0.2, 0) is 38.0 Å². The highest BCUT2D eigenvalue weighted by Crippen LogP contribution is 1.85. The maximum atomic E-state index is 10.7. The van der Waals surface area contributed by atoms with Crippen LogP contribution >= 0.6 is 0 Å². The van der Waals surface area contributed by atoms with Crippen molar-refractivity contribution in [2.75, 3.05) is 86.9 Å². The number of ether oxygens (including phenoxy) is 7. The van der Waals surface area contributed by atoms with Gasteiger partial charge in [0.05, 0.1) is 73.2 Å². The van der Waals surface area contributed by atoms with Gasteiger partial charge in [0.2, 0.25) is 0 Å².